The number of nitrogens with zero attached hydrogens (tertiary/aromatic N) is 3. The smallest absolute Gasteiger partial charge is 0.410 e. The first-order valence-electron chi connectivity index (χ1n) is 16.0. The van der Waals surface area contributed by atoms with E-state index in [-0.39, 0.29) is 36.3 Å². The molecule has 0 aromatic heterocycles. The molecule has 7 rings (SSSR count). The van der Waals surface area contributed by atoms with E-state index in [2.05, 4.69) is 16.3 Å². The molecule has 1 spiro atoms. The molecule has 10 nitrogen and oxygen atoms in total. The van der Waals surface area contributed by atoms with Crippen LogP contribution in [0.5, 0.6) is 0 Å². The van der Waals surface area contributed by atoms with Crippen molar-refractivity contribution in [3.05, 3.63) is 65.2 Å². The van der Waals surface area contributed by atoms with Gasteiger partial charge in [0.25, 0.3) is 5.91 Å². The van der Waals surface area contributed by atoms with E-state index in [4.69, 9.17) is 9.47 Å². The highest BCUT2D eigenvalue weighted by atomic mass is 16.6. The van der Waals surface area contributed by atoms with E-state index in [0.717, 1.165) is 68.4 Å². The number of anilines is 1. The molecule has 5 aliphatic rings. The molecule has 0 bridgehead atoms. The van der Waals surface area contributed by atoms with Crippen LogP contribution < -0.4 is 10.2 Å². The van der Waals surface area contributed by atoms with Gasteiger partial charge < -0.3 is 24.2 Å². The molecular weight excluding hydrogens is 560 g/mol. The van der Waals surface area contributed by atoms with Gasteiger partial charge in [0, 0.05) is 50.4 Å². The molecule has 1 aliphatic carbocycles. The lowest BCUT2D eigenvalue weighted by molar-refractivity contribution is -0.137. The minimum absolute atomic E-state index is 0.132. The molecule has 3 saturated heterocycles. The summed E-state index contributed by atoms with van der Waals surface area (Å²) in [4.78, 5) is 55.3. The molecule has 1 atom stereocenters. The van der Waals surface area contributed by atoms with Crippen molar-refractivity contribution >= 4 is 29.5 Å². The van der Waals surface area contributed by atoms with Gasteiger partial charge in [0.05, 0.1) is 12.2 Å². The van der Waals surface area contributed by atoms with Crippen molar-refractivity contribution in [1.29, 1.82) is 0 Å². The second-order valence-electron chi connectivity index (χ2n) is 13.1. The Morgan fingerprint density at radius 2 is 1.66 bits per heavy atom. The Morgan fingerprint density at radius 1 is 0.909 bits per heavy atom. The number of imide groups is 1. The largest absolute Gasteiger partial charge is 0.445 e. The Hall–Kier alpha value is -3.92. The van der Waals surface area contributed by atoms with Crippen molar-refractivity contribution in [2.24, 2.45) is 5.41 Å². The van der Waals surface area contributed by atoms with Crippen molar-refractivity contribution in [1.82, 2.24) is 15.1 Å². The van der Waals surface area contributed by atoms with E-state index in [1.54, 1.807) is 9.80 Å². The van der Waals surface area contributed by atoms with Gasteiger partial charge in [-0.1, -0.05) is 30.3 Å². The monoisotopic (exact) mass is 600 g/mol. The van der Waals surface area contributed by atoms with Gasteiger partial charge >= 0.3 is 6.09 Å². The summed E-state index contributed by atoms with van der Waals surface area (Å²) in [5.74, 6) is -0.784. The van der Waals surface area contributed by atoms with E-state index in [9.17, 15) is 19.2 Å². The third kappa shape index (κ3) is 5.79. The summed E-state index contributed by atoms with van der Waals surface area (Å²) in [6.07, 6.45) is 7.01. The molecule has 1 N–H and O–H groups in total. The van der Waals surface area contributed by atoms with Crippen LogP contribution in [-0.4, -0.2) is 78.0 Å². The molecule has 4 aliphatic heterocycles. The quantitative estimate of drug-likeness (QED) is 0.499. The molecule has 0 radical (unpaired) electrons. The van der Waals surface area contributed by atoms with Gasteiger partial charge in [0.1, 0.15) is 12.6 Å². The number of hydrogen-bond acceptors (Lipinski definition) is 7. The average Bonchev–Trinajstić information content (AvgIpc) is 3.35. The Labute approximate surface area is 257 Å². The van der Waals surface area contributed by atoms with Crippen molar-refractivity contribution < 1.29 is 28.7 Å². The molecule has 4 heterocycles. The number of rotatable bonds is 6. The van der Waals surface area contributed by atoms with Crippen molar-refractivity contribution in [3.8, 4) is 0 Å². The summed E-state index contributed by atoms with van der Waals surface area (Å²) in [5, 5.41) is 2.37. The normalized spacial score (nSPS) is 23.9. The predicted molar refractivity (Wildman–Crippen MR) is 162 cm³/mol. The molecule has 4 amide bonds. The summed E-state index contributed by atoms with van der Waals surface area (Å²) in [7, 11) is 0. The van der Waals surface area contributed by atoms with Gasteiger partial charge in [-0.25, -0.2) is 4.79 Å². The number of fused-ring (bicyclic) bond motifs is 1. The molecular formula is C34H40N4O6. The maximum atomic E-state index is 13.0. The van der Waals surface area contributed by atoms with E-state index >= 15 is 0 Å². The Morgan fingerprint density at radius 3 is 2.39 bits per heavy atom. The maximum absolute atomic E-state index is 13.0. The van der Waals surface area contributed by atoms with Crippen LogP contribution in [-0.2, 0) is 32.2 Å². The van der Waals surface area contributed by atoms with Crippen molar-refractivity contribution in [3.63, 3.8) is 0 Å². The minimum atomic E-state index is -0.589. The van der Waals surface area contributed by atoms with Gasteiger partial charge in [-0.15, -0.1) is 0 Å². The third-order valence-electron chi connectivity index (χ3n) is 10.3. The Kier molecular flexibility index (Phi) is 7.78. The predicted octanol–water partition coefficient (Wildman–Crippen LogP) is 4.01. The number of carbonyl (C=O) groups is 4. The number of ether oxygens (including phenoxy) is 2. The molecule has 2 aromatic rings. The van der Waals surface area contributed by atoms with E-state index in [0.29, 0.717) is 49.7 Å². The number of benzene rings is 2. The fourth-order valence-corrected chi connectivity index (χ4v) is 7.66. The van der Waals surface area contributed by atoms with Gasteiger partial charge in [-0.05, 0) is 79.7 Å². The highest BCUT2D eigenvalue weighted by molar-refractivity contribution is 6.05. The van der Waals surface area contributed by atoms with E-state index in [1.165, 1.54) is 0 Å². The number of hydrogen-bond donors (Lipinski definition) is 1. The van der Waals surface area contributed by atoms with Gasteiger partial charge in [0.15, 0.2) is 0 Å². The van der Waals surface area contributed by atoms with Crippen LogP contribution >= 0.6 is 0 Å². The zero-order valence-corrected chi connectivity index (χ0v) is 25.0. The topological polar surface area (TPSA) is 108 Å². The molecule has 1 saturated carbocycles. The van der Waals surface area contributed by atoms with Crippen LogP contribution in [0.3, 0.4) is 0 Å². The van der Waals surface area contributed by atoms with Crippen molar-refractivity contribution in [2.75, 3.05) is 31.1 Å². The van der Waals surface area contributed by atoms with Crippen LogP contribution in [0.1, 0.15) is 72.9 Å². The Bertz CT molecular complexity index is 1420. The van der Waals surface area contributed by atoms with E-state index in [1.807, 2.05) is 42.5 Å². The lowest BCUT2D eigenvalue weighted by Crippen LogP contribution is -2.52. The van der Waals surface area contributed by atoms with Gasteiger partial charge in [-0.2, -0.15) is 0 Å². The summed E-state index contributed by atoms with van der Waals surface area (Å²) >= 11 is 0. The third-order valence-corrected chi connectivity index (χ3v) is 10.3. The molecule has 10 heteroatoms. The zero-order valence-electron chi connectivity index (χ0n) is 25.0. The first-order chi connectivity index (χ1) is 21.4. The van der Waals surface area contributed by atoms with Crippen molar-refractivity contribution in [2.45, 2.75) is 82.8 Å². The Balaban J connectivity index is 0.844. The molecule has 44 heavy (non-hydrogen) atoms. The molecule has 232 valence electrons. The minimum Gasteiger partial charge on any atom is -0.445 e. The van der Waals surface area contributed by atoms with E-state index < -0.39 is 6.04 Å². The van der Waals surface area contributed by atoms with Gasteiger partial charge in [0.2, 0.25) is 11.8 Å². The lowest BCUT2D eigenvalue weighted by atomic mass is 9.61. The molecule has 2 aromatic carbocycles. The molecule has 1 unspecified atom stereocenters. The van der Waals surface area contributed by atoms with Crippen LogP contribution in [0, 0.1) is 5.41 Å². The highest BCUT2D eigenvalue weighted by Gasteiger charge is 2.47. The summed E-state index contributed by atoms with van der Waals surface area (Å²) < 4.78 is 12.0. The first-order valence-corrected chi connectivity index (χ1v) is 16.0. The van der Waals surface area contributed by atoms with Crippen LogP contribution in [0.15, 0.2) is 48.5 Å². The number of likely N-dealkylation sites (tertiary alicyclic amines) is 1. The summed E-state index contributed by atoms with van der Waals surface area (Å²) in [6, 6.07) is 15.2. The first kappa shape index (κ1) is 28.8. The lowest BCUT2D eigenvalue weighted by Gasteiger charge is -2.53. The fourth-order valence-electron chi connectivity index (χ4n) is 7.66. The number of carbonyl (C=O) groups excluding carboxylic acids is 4. The summed E-state index contributed by atoms with van der Waals surface area (Å²) in [5.41, 5.74) is 4.06. The number of amides is 4. The van der Waals surface area contributed by atoms with Crippen LogP contribution in [0.2, 0.25) is 0 Å². The zero-order chi connectivity index (χ0) is 30.3. The summed E-state index contributed by atoms with van der Waals surface area (Å²) in [6.45, 7) is 3.98. The van der Waals surface area contributed by atoms with Crippen LogP contribution in [0.4, 0.5) is 10.5 Å². The SMILES string of the molecule is O=C1CCC(N2Cc3cc(N4CCC5(CC4)CC(OC4CCN(C(=O)OCc6ccccc6)CC4)C5)ccc3C2=O)C(=O)N1. The highest BCUT2D eigenvalue weighted by Crippen LogP contribution is 2.51. The fraction of sp³-hybridized carbons (Fsp3) is 0.529. The average molecular weight is 601 g/mol. The maximum Gasteiger partial charge on any atom is 0.410 e. The number of nitrogens with one attached hydrogen (secondary N) is 1. The molecule has 4 fully saturated rings. The van der Waals surface area contributed by atoms with Crippen LogP contribution in [0.25, 0.3) is 0 Å². The second kappa shape index (κ2) is 11.9. The number of piperidine rings is 3. The second-order valence-corrected chi connectivity index (χ2v) is 13.1. The van der Waals surface area contributed by atoms with Gasteiger partial charge in [-0.3, -0.25) is 19.7 Å². The standard InChI is InChI=1S/C34H40N4O6/c39-30-9-8-29(31(40)35-30)38-21-24-18-25(6-7-28(24)32(38)41)36-16-12-34(13-17-36)19-27(20-34)44-26-10-14-37(15-11-26)33(42)43-22-23-4-2-1-3-5-23/h1-7,18,26-27,29H,8-17,19-22H2,(H,35,39,40).